The average Bonchev–Trinajstić information content (AvgIpc) is 2.43. The van der Waals surface area contributed by atoms with Crippen LogP contribution in [0.15, 0.2) is 18.2 Å². The smallest absolute Gasteiger partial charge is 0.304 e. The standard InChI is InChI=1S/C16H23F2NO2/c1-3-5-8-19(4-2)13(11-16(20)21)9-12-6-7-14(17)15(18)10-12/h6-7,10,13H,3-5,8-9,11H2,1-2H3,(H,20,21). The Labute approximate surface area is 124 Å². The van der Waals surface area contributed by atoms with Crippen LogP contribution in [-0.2, 0) is 11.2 Å². The van der Waals surface area contributed by atoms with Crippen LogP contribution in [0.5, 0.6) is 0 Å². The minimum atomic E-state index is -0.891. The zero-order chi connectivity index (χ0) is 15.8. The summed E-state index contributed by atoms with van der Waals surface area (Å²) < 4.78 is 26.2. The van der Waals surface area contributed by atoms with Gasteiger partial charge in [0, 0.05) is 6.04 Å². The summed E-state index contributed by atoms with van der Waals surface area (Å²) >= 11 is 0. The van der Waals surface area contributed by atoms with E-state index in [2.05, 4.69) is 11.8 Å². The highest BCUT2D eigenvalue weighted by Gasteiger charge is 2.21. The molecule has 0 aliphatic rings. The fourth-order valence-corrected chi connectivity index (χ4v) is 2.43. The predicted molar refractivity (Wildman–Crippen MR) is 78.3 cm³/mol. The quantitative estimate of drug-likeness (QED) is 0.759. The molecular formula is C16H23F2NO2. The van der Waals surface area contributed by atoms with Gasteiger partial charge in [0.25, 0.3) is 0 Å². The van der Waals surface area contributed by atoms with Crippen molar-refractivity contribution >= 4 is 5.97 Å². The number of hydrogen-bond acceptors (Lipinski definition) is 2. The summed E-state index contributed by atoms with van der Waals surface area (Å²) in [6, 6.07) is 3.55. The van der Waals surface area contributed by atoms with E-state index in [1.807, 2.05) is 6.92 Å². The Hall–Kier alpha value is -1.49. The molecule has 0 radical (unpaired) electrons. The molecule has 0 spiro atoms. The molecule has 1 unspecified atom stereocenters. The molecule has 1 N–H and O–H groups in total. The molecule has 118 valence electrons. The number of aliphatic carboxylic acids is 1. The lowest BCUT2D eigenvalue weighted by Crippen LogP contribution is -2.39. The van der Waals surface area contributed by atoms with Gasteiger partial charge < -0.3 is 5.11 Å². The third kappa shape index (κ3) is 5.79. The molecule has 21 heavy (non-hydrogen) atoms. The second-order valence-corrected chi connectivity index (χ2v) is 5.19. The van der Waals surface area contributed by atoms with Crippen molar-refractivity contribution in [3.63, 3.8) is 0 Å². The number of carbonyl (C=O) groups is 1. The van der Waals surface area contributed by atoms with Crippen molar-refractivity contribution in [3.8, 4) is 0 Å². The summed E-state index contributed by atoms with van der Waals surface area (Å²) in [5.74, 6) is -2.65. The number of carboxylic acid groups (broad SMARTS) is 1. The minimum Gasteiger partial charge on any atom is -0.481 e. The van der Waals surface area contributed by atoms with Crippen molar-refractivity contribution in [1.82, 2.24) is 4.90 Å². The summed E-state index contributed by atoms with van der Waals surface area (Å²) in [6.07, 6.45) is 2.42. The largest absolute Gasteiger partial charge is 0.481 e. The van der Waals surface area contributed by atoms with Crippen molar-refractivity contribution in [2.45, 2.75) is 45.6 Å². The predicted octanol–water partition coefficient (Wildman–Crippen LogP) is 3.47. The van der Waals surface area contributed by atoms with Gasteiger partial charge in [0.15, 0.2) is 11.6 Å². The van der Waals surface area contributed by atoms with Crippen molar-refractivity contribution in [2.24, 2.45) is 0 Å². The van der Waals surface area contributed by atoms with Crippen LogP contribution in [0.4, 0.5) is 8.78 Å². The minimum absolute atomic E-state index is 0.00342. The van der Waals surface area contributed by atoms with Crippen LogP contribution in [0, 0.1) is 11.6 Å². The van der Waals surface area contributed by atoms with Crippen LogP contribution >= 0.6 is 0 Å². The molecule has 5 heteroatoms. The topological polar surface area (TPSA) is 40.5 Å². The van der Waals surface area contributed by atoms with Crippen LogP contribution in [0.2, 0.25) is 0 Å². The molecule has 0 bridgehead atoms. The Bertz CT molecular complexity index is 466. The molecule has 1 aromatic rings. The fraction of sp³-hybridized carbons (Fsp3) is 0.562. The highest BCUT2D eigenvalue weighted by Crippen LogP contribution is 2.16. The number of unbranched alkanes of at least 4 members (excludes halogenated alkanes) is 1. The van der Waals surface area contributed by atoms with E-state index in [-0.39, 0.29) is 12.5 Å². The summed E-state index contributed by atoms with van der Waals surface area (Å²) in [4.78, 5) is 13.2. The first kappa shape index (κ1) is 17.6. The Morgan fingerprint density at radius 1 is 1.29 bits per heavy atom. The van der Waals surface area contributed by atoms with Gasteiger partial charge in [-0.25, -0.2) is 8.78 Å². The molecule has 1 rings (SSSR count). The van der Waals surface area contributed by atoms with E-state index in [0.717, 1.165) is 38.1 Å². The molecular weight excluding hydrogens is 276 g/mol. The van der Waals surface area contributed by atoms with E-state index in [0.29, 0.717) is 12.0 Å². The van der Waals surface area contributed by atoms with Gasteiger partial charge in [-0.1, -0.05) is 26.3 Å². The van der Waals surface area contributed by atoms with Gasteiger partial charge in [0.1, 0.15) is 0 Å². The number of benzene rings is 1. The van der Waals surface area contributed by atoms with Gasteiger partial charge in [-0.2, -0.15) is 0 Å². The van der Waals surface area contributed by atoms with E-state index >= 15 is 0 Å². The third-order valence-corrected chi connectivity index (χ3v) is 3.59. The lowest BCUT2D eigenvalue weighted by molar-refractivity contribution is -0.138. The molecule has 1 atom stereocenters. The molecule has 1 aromatic carbocycles. The first-order valence-electron chi connectivity index (χ1n) is 7.37. The average molecular weight is 299 g/mol. The van der Waals surface area contributed by atoms with Gasteiger partial charge in [-0.15, -0.1) is 0 Å². The van der Waals surface area contributed by atoms with Gasteiger partial charge in [0.2, 0.25) is 0 Å². The lowest BCUT2D eigenvalue weighted by Gasteiger charge is -2.30. The maximum absolute atomic E-state index is 13.3. The first-order valence-corrected chi connectivity index (χ1v) is 7.37. The number of nitrogens with zero attached hydrogens (tertiary/aromatic N) is 1. The van der Waals surface area contributed by atoms with Crippen molar-refractivity contribution in [1.29, 1.82) is 0 Å². The van der Waals surface area contributed by atoms with Gasteiger partial charge in [0.05, 0.1) is 6.42 Å². The van der Waals surface area contributed by atoms with Crippen LogP contribution in [0.1, 0.15) is 38.7 Å². The van der Waals surface area contributed by atoms with Gasteiger partial charge >= 0.3 is 5.97 Å². The molecule has 0 aliphatic heterocycles. The first-order chi connectivity index (χ1) is 9.97. The zero-order valence-corrected chi connectivity index (χ0v) is 12.6. The number of likely N-dealkylation sites (N-methyl/N-ethyl adjacent to an activating group) is 1. The summed E-state index contributed by atoms with van der Waals surface area (Å²) in [5, 5.41) is 9.07. The van der Waals surface area contributed by atoms with Crippen molar-refractivity contribution in [3.05, 3.63) is 35.4 Å². The van der Waals surface area contributed by atoms with E-state index in [1.165, 1.54) is 6.07 Å². The van der Waals surface area contributed by atoms with E-state index in [4.69, 9.17) is 5.11 Å². The van der Waals surface area contributed by atoms with E-state index in [1.54, 1.807) is 0 Å². The Morgan fingerprint density at radius 3 is 2.52 bits per heavy atom. The molecule has 0 aliphatic carbocycles. The van der Waals surface area contributed by atoms with Crippen molar-refractivity contribution in [2.75, 3.05) is 13.1 Å². The molecule has 0 amide bonds. The van der Waals surface area contributed by atoms with E-state index in [9.17, 15) is 13.6 Å². The van der Waals surface area contributed by atoms with Crippen molar-refractivity contribution < 1.29 is 18.7 Å². The maximum atomic E-state index is 13.3. The number of hydrogen-bond donors (Lipinski definition) is 1. The van der Waals surface area contributed by atoms with Crippen LogP contribution < -0.4 is 0 Å². The summed E-state index contributed by atoms with van der Waals surface area (Å²) in [5.41, 5.74) is 0.620. The van der Waals surface area contributed by atoms with Gasteiger partial charge in [-0.05, 0) is 43.6 Å². The molecule has 0 fully saturated rings. The summed E-state index contributed by atoms with van der Waals surface area (Å²) in [7, 11) is 0. The van der Waals surface area contributed by atoms with Crippen LogP contribution in [-0.4, -0.2) is 35.1 Å². The maximum Gasteiger partial charge on any atom is 0.304 e. The van der Waals surface area contributed by atoms with Gasteiger partial charge in [-0.3, -0.25) is 9.69 Å². The third-order valence-electron chi connectivity index (χ3n) is 3.59. The monoisotopic (exact) mass is 299 g/mol. The molecule has 0 saturated heterocycles. The van der Waals surface area contributed by atoms with Crippen LogP contribution in [0.3, 0.4) is 0 Å². The molecule has 0 aromatic heterocycles. The lowest BCUT2D eigenvalue weighted by atomic mass is 10.0. The Balaban J connectivity index is 2.84. The normalized spacial score (nSPS) is 12.6. The fourth-order valence-electron chi connectivity index (χ4n) is 2.43. The molecule has 0 heterocycles. The highest BCUT2D eigenvalue weighted by molar-refractivity contribution is 5.67. The Kier molecular flexibility index (Phi) is 7.29. The molecule has 0 saturated carbocycles. The number of halogens is 2. The Morgan fingerprint density at radius 2 is 2.00 bits per heavy atom. The van der Waals surface area contributed by atoms with Crippen LogP contribution in [0.25, 0.3) is 0 Å². The second kappa shape index (κ2) is 8.72. The second-order valence-electron chi connectivity index (χ2n) is 5.19. The SMILES string of the molecule is CCCCN(CC)C(CC(=O)O)Cc1ccc(F)c(F)c1. The highest BCUT2D eigenvalue weighted by atomic mass is 19.2. The molecule has 3 nitrogen and oxygen atoms in total. The van der Waals surface area contributed by atoms with E-state index < -0.39 is 17.6 Å². The number of rotatable bonds is 9. The number of carboxylic acids is 1. The zero-order valence-electron chi connectivity index (χ0n) is 12.6. The summed E-state index contributed by atoms with van der Waals surface area (Å²) in [6.45, 7) is 5.61.